The standard InChI is InChI=1S/C15H12ClFN2O2/c1-9(13-8-11(16)4-7-14(13)20)18-19-15(21)10-2-5-12(17)6-3-10/h2-8,20H,1H3,(H,19,21)/b18-9+. The Morgan fingerprint density at radius 1 is 1.24 bits per heavy atom. The van der Waals surface area contributed by atoms with Crippen LogP contribution < -0.4 is 5.43 Å². The Hall–Kier alpha value is -2.40. The number of phenolic OH excluding ortho intramolecular Hbond substituents is 1. The predicted octanol–water partition coefficient (Wildman–Crippen LogP) is 3.34. The summed E-state index contributed by atoms with van der Waals surface area (Å²) in [5, 5.41) is 14.1. The zero-order valence-corrected chi connectivity index (χ0v) is 11.9. The number of benzene rings is 2. The molecule has 0 unspecified atom stereocenters. The van der Waals surface area contributed by atoms with Crippen molar-refractivity contribution in [1.29, 1.82) is 0 Å². The third-order valence-corrected chi connectivity index (χ3v) is 3.02. The van der Waals surface area contributed by atoms with Gasteiger partial charge in [-0.2, -0.15) is 5.10 Å². The molecule has 6 heteroatoms. The summed E-state index contributed by atoms with van der Waals surface area (Å²) in [7, 11) is 0. The van der Waals surface area contributed by atoms with Gasteiger partial charge in [-0.3, -0.25) is 4.79 Å². The maximum absolute atomic E-state index is 12.8. The van der Waals surface area contributed by atoms with E-state index in [1.165, 1.54) is 30.3 Å². The molecule has 0 fully saturated rings. The van der Waals surface area contributed by atoms with Gasteiger partial charge in [0.1, 0.15) is 11.6 Å². The van der Waals surface area contributed by atoms with E-state index in [0.717, 1.165) is 0 Å². The summed E-state index contributed by atoms with van der Waals surface area (Å²) in [6, 6.07) is 9.62. The first-order valence-corrected chi connectivity index (χ1v) is 6.44. The van der Waals surface area contributed by atoms with Crippen molar-refractivity contribution in [1.82, 2.24) is 5.43 Å². The van der Waals surface area contributed by atoms with Gasteiger partial charge in [0.25, 0.3) is 5.91 Å². The third-order valence-electron chi connectivity index (χ3n) is 2.78. The van der Waals surface area contributed by atoms with Crippen LogP contribution in [0.15, 0.2) is 47.6 Å². The number of amides is 1. The Morgan fingerprint density at radius 3 is 2.57 bits per heavy atom. The molecule has 0 bridgehead atoms. The topological polar surface area (TPSA) is 61.7 Å². The first-order chi connectivity index (χ1) is 9.97. The highest BCUT2D eigenvalue weighted by Crippen LogP contribution is 2.22. The van der Waals surface area contributed by atoms with Gasteiger partial charge in [-0.25, -0.2) is 9.82 Å². The van der Waals surface area contributed by atoms with E-state index in [4.69, 9.17) is 11.6 Å². The highest BCUT2D eigenvalue weighted by atomic mass is 35.5. The minimum atomic E-state index is -0.476. The lowest BCUT2D eigenvalue weighted by Crippen LogP contribution is -2.19. The number of hydrogen-bond acceptors (Lipinski definition) is 3. The fraction of sp³-hybridized carbons (Fsp3) is 0.0667. The molecule has 21 heavy (non-hydrogen) atoms. The summed E-state index contributed by atoms with van der Waals surface area (Å²) in [6.45, 7) is 1.62. The van der Waals surface area contributed by atoms with E-state index < -0.39 is 11.7 Å². The molecule has 0 spiro atoms. The van der Waals surface area contributed by atoms with Crippen LogP contribution in [0.3, 0.4) is 0 Å². The number of carbonyl (C=O) groups is 1. The van der Waals surface area contributed by atoms with Gasteiger partial charge >= 0.3 is 0 Å². The zero-order chi connectivity index (χ0) is 15.4. The second-order valence-electron chi connectivity index (χ2n) is 4.31. The Morgan fingerprint density at radius 2 is 1.90 bits per heavy atom. The van der Waals surface area contributed by atoms with Gasteiger partial charge in [-0.15, -0.1) is 0 Å². The van der Waals surface area contributed by atoms with Crippen molar-refractivity contribution in [3.63, 3.8) is 0 Å². The molecule has 108 valence electrons. The van der Waals surface area contributed by atoms with Crippen LogP contribution in [0.5, 0.6) is 5.75 Å². The normalized spacial score (nSPS) is 11.3. The summed E-state index contributed by atoms with van der Waals surface area (Å²) in [5.41, 5.74) is 3.43. The molecule has 0 aliphatic rings. The van der Waals surface area contributed by atoms with Gasteiger partial charge in [-0.1, -0.05) is 11.6 Å². The molecule has 0 aromatic heterocycles. The van der Waals surface area contributed by atoms with Crippen molar-refractivity contribution in [2.45, 2.75) is 6.92 Å². The summed E-state index contributed by atoms with van der Waals surface area (Å²) in [6.07, 6.45) is 0. The molecule has 0 radical (unpaired) electrons. The molecule has 0 saturated carbocycles. The third kappa shape index (κ3) is 3.79. The fourth-order valence-electron chi connectivity index (χ4n) is 1.66. The lowest BCUT2D eigenvalue weighted by Gasteiger charge is -2.05. The monoisotopic (exact) mass is 306 g/mol. The number of hydrazone groups is 1. The van der Waals surface area contributed by atoms with Crippen LogP contribution in [0.4, 0.5) is 4.39 Å². The van der Waals surface area contributed by atoms with Gasteiger partial charge in [0.2, 0.25) is 0 Å². The molecule has 0 aliphatic carbocycles. The second-order valence-corrected chi connectivity index (χ2v) is 4.74. The zero-order valence-electron chi connectivity index (χ0n) is 11.1. The van der Waals surface area contributed by atoms with E-state index in [0.29, 0.717) is 16.3 Å². The van der Waals surface area contributed by atoms with Crippen LogP contribution in [0.2, 0.25) is 5.02 Å². The maximum atomic E-state index is 12.8. The molecule has 0 heterocycles. The summed E-state index contributed by atoms with van der Waals surface area (Å²) in [5.74, 6) is -0.886. The lowest BCUT2D eigenvalue weighted by atomic mass is 10.1. The molecule has 1 amide bonds. The number of halogens is 2. The number of hydrogen-bond donors (Lipinski definition) is 2. The van der Waals surface area contributed by atoms with E-state index in [2.05, 4.69) is 10.5 Å². The van der Waals surface area contributed by atoms with Crippen LogP contribution in [-0.4, -0.2) is 16.7 Å². The lowest BCUT2D eigenvalue weighted by molar-refractivity contribution is 0.0955. The molecule has 0 aliphatic heterocycles. The quantitative estimate of drug-likeness (QED) is 0.675. The first-order valence-electron chi connectivity index (χ1n) is 6.06. The van der Waals surface area contributed by atoms with E-state index in [-0.39, 0.29) is 11.3 Å². The van der Waals surface area contributed by atoms with Crippen molar-refractivity contribution in [2.24, 2.45) is 5.10 Å². The molecular weight excluding hydrogens is 295 g/mol. The van der Waals surface area contributed by atoms with E-state index in [1.54, 1.807) is 19.1 Å². The second kappa shape index (κ2) is 6.37. The smallest absolute Gasteiger partial charge is 0.271 e. The highest BCUT2D eigenvalue weighted by Gasteiger charge is 2.08. The van der Waals surface area contributed by atoms with Crippen LogP contribution in [-0.2, 0) is 0 Å². The van der Waals surface area contributed by atoms with Crippen molar-refractivity contribution in [3.05, 3.63) is 64.4 Å². The number of rotatable bonds is 3. The molecule has 2 aromatic carbocycles. The Labute approximate surface area is 125 Å². The van der Waals surface area contributed by atoms with E-state index >= 15 is 0 Å². The first kappa shape index (κ1) is 15.0. The minimum absolute atomic E-state index is 0.0108. The number of phenols is 1. The minimum Gasteiger partial charge on any atom is -0.507 e. The van der Waals surface area contributed by atoms with Crippen molar-refractivity contribution < 1.29 is 14.3 Å². The maximum Gasteiger partial charge on any atom is 0.271 e. The van der Waals surface area contributed by atoms with Crippen molar-refractivity contribution in [3.8, 4) is 5.75 Å². The molecule has 4 nitrogen and oxygen atoms in total. The largest absolute Gasteiger partial charge is 0.507 e. The Balaban J connectivity index is 2.14. The predicted molar refractivity (Wildman–Crippen MR) is 79.2 cm³/mol. The van der Waals surface area contributed by atoms with Crippen molar-refractivity contribution >= 4 is 23.2 Å². The summed E-state index contributed by atoms with van der Waals surface area (Å²) >= 11 is 5.85. The number of aromatic hydroxyl groups is 1. The van der Waals surface area contributed by atoms with E-state index in [1.807, 2.05) is 0 Å². The Bertz CT molecular complexity index is 699. The molecule has 0 atom stereocenters. The highest BCUT2D eigenvalue weighted by molar-refractivity contribution is 6.31. The van der Waals surface area contributed by atoms with Crippen LogP contribution in [0, 0.1) is 5.82 Å². The number of carbonyl (C=O) groups excluding carboxylic acids is 1. The van der Waals surface area contributed by atoms with Crippen LogP contribution in [0.25, 0.3) is 0 Å². The SMILES string of the molecule is C/C(=N\NC(=O)c1ccc(F)cc1)c1cc(Cl)ccc1O. The van der Waals surface area contributed by atoms with Crippen LogP contribution >= 0.6 is 11.6 Å². The van der Waals surface area contributed by atoms with Crippen LogP contribution in [0.1, 0.15) is 22.8 Å². The number of nitrogens with zero attached hydrogens (tertiary/aromatic N) is 1. The average molecular weight is 307 g/mol. The van der Waals surface area contributed by atoms with Gasteiger partial charge in [0, 0.05) is 16.1 Å². The molecule has 2 N–H and O–H groups in total. The van der Waals surface area contributed by atoms with Crippen molar-refractivity contribution in [2.75, 3.05) is 0 Å². The fourth-order valence-corrected chi connectivity index (χ4v) is 1.83. The molecule has 2 rings (SSSR count). The van der Waals surface area contributed by atoms with Gasteiger partial charge < -0.3 is 5.11 Å². The molecular formula is C15H12ClFN2O2. The van der Waals surface area contributed by atoms with Gasteiger partial charge in [-0.05, 0) is 49.4 Å². The average Bonchev–Trinajstić information content (AvgIpc) is 2.47. The Kier molecular flexibility index (Phi) is 4.55. The molecule has 0 saturated heterocycles. The summed E-state index contributed by atoms with van der Waals surface area (Å²) in [4.78, 5) is 11.8. The number of nitrogens with one attached hydrogen (secondary N) is 1. The van der Waals surface area contributed by atoms with E-state index in [9.17, 15) is 14.3 Å². The summed E-state index contributed by atoms with van der Waals surface area (Å²) < 4.78 is 12.8. The van der Waals surface area contributed by atoms with Gasteiger partial charge in [0.15, 0.2) is 0 Å². The van der Waals surface area contributed by atoms with Gasteiger partial charge in [0.05, 0.1) is 5.71 Å². The molecule has 2 aromatic rings.